The van der Waals surface area contributed by atoms with E-state index in [2.05, 4.69) is 0 Å². The van der Waals surface area contributed by atoms with Gasteiger partial charge in [0.2, 0.25) is 0 Å². The Kier molecular flexibility index (Phi) is 5.15. The maximum absolute atomic E-state index is 11.6. The van der Waals surface area contributed by atoms with E-state index in [0.29, 0.717) is 19.4 Å². The van der Waals surface area contributed by atoms with E-state index in [1.165, 1.54) is 0 Å². The first-order chi connectivity index (χ1) is 11.3. The third-order valence-electron chi connectivity index (χ3n) is 3.80. The zero-order chi connectivity index (χ0) is 16.1. The van der Waals surface area contributed by atoms with Crippen LogP contribution in [0.1, 0.15) is 24.7 Å². The number of carbonyl (C=O) groups is 1. The summed E-state index contributed by atoms with van der Waals surface area (Å²) in [5, 5.41) is 0. The molecule has 1 saturated heterocycles. The highest BCUT2D eigenvalue weighted by Gasteiger charge is 2.35. The summed E-state index contributed by atoms with van der Waals surface area (Å²) in [6, 6.07) is 7.51. The zero-order valence-electron chi connectivity index (χ0n) is 13.0. The molecule has 6 nitrogen and oxygen atoms in total. The summed E-state index contributed by atoms with van der Waals surface area (Å²) in [4.78, 5) is 11.6. The molecule has 3 rings (SSSR count). The molecule has 2 aliphatic rings. The molecule has 1 aromatic carbocycles. The van der Waals surface area contributed by atoms with Gasteiger partial charge in [-0.25, -0.2) is 4.79 Å². The molecule has 0 spiro atoms. The minimum atomic E-state index is -0.676. The third-order valence-corrected chi connectivity index (χ3v) is 3.80. The number of carbonyl (C=O) groups excluding carboxylic acids is 1. The third kappa shape index (κ3) is 4.03. The smallest absolute Gasteiger partial charge is 0.497 e. The molecule has 1 unspecified atom stereocenters. The molecule has 0 bridgehead atoms. The summed E-state index contributed by atoms with van der Waals surface area (Å²) in [5.74, 6) is 0.773. The minimum absolute atomic E-state index is 0.266. The van der Waals surface area contributed by atoms with Crippen LogP contribution in [-0.2, 0) is 18.9 Å². The summed E-state index contributed by atoms with van der Waals surface area (Å²) in [6.07, 6.45) is 3.44. The number of hydrogen-bond acceptors (Lipinski definition) is 6. The van der Waals surface area contributed by atoms with Gasteiger partial charge >= 0.3 is 6.16 Å². The van der Waals surface area contributed by atoms with Gasteiger partial charge in [-0.15, -0.1) is 0 Å². The van der Waals surface area contributed by atoms with Gasteiger partial charge in [0.15, 0.2) is 12.4 Å². The van der Waals surface area contributed by atoms with Crippen molar-refractivity contribution in [2.75, 3.05) is 20.3 Å². The molecule has 1 fully saturated rings. The molecular weight excluding hydrogens is 300 g/mol. The van der Waals surface area contributed by atoms with Crippen LogP contribution in [0.4, 0.5) is 4.79 Å². The zero-order valence-corrected chi connectivity index (χ0v) is 13.0. The molecule has 6 heteroatoms. The molecule has 3 atom stereocenters. The Morgan fingerprint density at radius 1 is 1.13 bits per heavy atom. The highest BCUT2D eigenvalue weighted by Crippen LogP contribution is 2.30. The number of cyclic esters (lactones) is 1. The van der Waals surface area contributed by atoms with Gasteiger partial charge in [0, 0.05) is 5.56 Å². The lowest BCUT2D eigenvalue weighted by atomic mass is 10.1. The molecule has 2 heterocycles. The second-order valence-electron chi connectivity index (χ2n) is 5.36. The second-order valence-corrected chi connectivity index (χ2v) is 5.36. The van der Waals surface area contributed by atoms with E-state index in [1.807, 2.05) is 36.4 Å². The highest BCUT2D eigenvalue weighted by molar-refractivity contribution is 5.60. The van der Waals surface area contributed by atoms with Crippen LogP contribution in [0.3, 0.4) is 0 Å². The van der Waals surface area contributed by atoms with Gasteiger partial charge in [-0.1, -0.05) is 24.3 Å². The number of benzene rings is 1. The number of methoxy groups -OCH3 is 1. The van der Waals surface area contributed by atoms with Crippen LogP contribution in [-0.4, -0.2) is 38.7 Å². The van der Waals surface area contributed by atoms with E-state index in [4.69, 9.17) is 23.7 Å². The molecule has 1 aromatic rings. The monoisotopic (exact) mass is 320 g/mol. The van der Waals surface area contributed by atoms with Crippen molar-refractivity contribution in [3.63, 3.8) is 0 Å². The Balaban J connectivity index is 1.70. The van der Waals surface area contributed by atoms with E-state index in [0.717, 1.165) is 11.3 Å². The van der Waals surface area contributed by atoms with Crippen LogP contribution in [0.15, 0.2) is 36.4 Å². The van der Waals surface area contributed by atoms with Crippen molar-refractivity contribution in [1.29, 1.82) is 0 Å². The Morgan fingerprint density at radius 3 is 2.74 bits per heavy atom. The first-order valence-corrected chi connectivity index (χ1v) is 7.65. The number of fused-ring (bicyclic) bond motifs is 1. The van der Waals surface area contributed by atoms with Crippen molar-refractivity contribution < 1.29 is 28.5 Å². The van der Waals surface area contributed by atoms with Gasteiger partial charge in [-0.3, -0.25) is 0 Å². The van der Waals surface area contributed by atoms with Crippen molar-refractivity contribution >= 4 is 6.16 Å². The van der Waals surface area contributed by atoms with E-state index in [1.54, 1.807) is 7.11 Å². The van der Waals surface area contributed by atoms with Gasteiger partial charge in [0.05, 0.1) is 20.3 Å². The Hall–Kier alpha value is -2.05. The largest absolute Gasteiger partial charge is 0.508 e. The minimum Gasteiger partial charge on any atom is -0.497 e. The fourth-order valence-corrected chi connectivity index (χ4v) is 2.54. The lowest BCUT2D eigenvalue weighted by molar-refractivity contribution is -0.257. The summed E-state index contributed by atoms with van der Waals surface area (Å²) >= 11 is 0. The molecular formula is C17H20O6. The van der Waals surface area contributed by atoms with Gasteiger partial charge < -0.3 is 23.7 Å². The second kappa shape index (κ2) is 7.48. The summed E-state index contributed by atoms with van der Waals surface area (Å²) in [5.41, 5.74) is 0.896. The Bertz CT molecular complexity index is 553. The van der Waals surface area contributed by atoms with Crippen molar-refractivity contribution in [3.8, 4) is 5.75 Å². The van der Waals surface area contributed by atoms with E-state index < -0.39 is 18.5 Å². The lowest BCUT2D eigenvalue weighted by Gasteiger charge is -2.35. The normalized spacial score (nSPS) is 29.6. The molecule has 0 radical (unpaired) electrons. The average molecular weight is 320 g/mol. The molecule has 0 amide bonds. The highest BCUT2D eigenvalue weighted by atomic mass is 16.8. The molecule has 2 aliphatic heterocycles. The standard InChI is InChI=1S/C17H20O6/c1-19-13-8-6-12(7-9-13)16-21-11-15-14(22-16)5-3-2-4-10-20-17(18)23-15/h2-3,6-9,14-16H,4-5,10-11H2,1H3/b3-2-/t14-,15+,16?/m0/s1. The van der Waals surface area contributed by atoms with Crippen LogP contribution in [0, 0.1) is 0 Å². The Labute approximate surface area is 134 Å². The van der Waals surface area contributed by atoms with Gasteiger partial charge in [-0.2, -0.15) is 0 Å². The summed E-state index contributed by atoms with van der Waals surface area (Å²) < 4.78 is 27.1. The van der Waals surface area contributed by atoms with E-state index >= 15 is 0 Å². The van der Waals surface area contributed by atoms with Crippen LogP contribution in [0.2, 0.25) is 0 Å². The first kappa shape index (κ1) is 15.8. The molecule has 0 N–H and O–H groups in total. The van der Waals surface area contributed by atoms with Crippen LogP contribution < -0.4 is 4.74 Å². The predicted octanol–water partition coefficient (Wildman–Crippen LogP) is 2.98. The predicted molar refractivity (Wildman–Crippen MR) is 81.2 cm³/mol. The van der Waals surface area contributed by atoms with Gasteiger partial charge in [0.25, 0.3) is 0 Å². The first-order valence-electron chi connectivity index (χ1n) is 7.65. The van der Waals surface area contributed by atoms with Crippen molar-refractivity contribution in [2.24, 2.45) is 0 Å². The van der Waals surface area contributed by atoms with Crippen LogP contribution >= 0.6 is 0 Å². The van der Waals surface area contributed by atoms with Crippen LogP contribution in [0.25, 0.3) is 0 Å². The number of rotatable bonds is 2. The van der Waals surface area contributed by atoms with Gasteiger partial charge in [0.1, 0.15) is 11.9 Å². The maximum Gasteiger partial charge on any atom is 0.508 e. The summed E-state index contributed by atoms with van der Waals surface area (Å²) in [6.45, 7) is 0.590. The average Bonchev–Trinajstić information content (AvgIpc) is 2.59. The molecule has 23 heavy (non-hydrogen) atoms. The number of hydrogen-bond donors (Lipinski definition) is 0. The summed E-state index contributed by atoms with van der Waals surface area (Å²) in [7, 11) is 1.62. The van der Waals surface area contributed by atoms with Crippen molar-refractivity contribution in [1.82, 2.24) is 0 Å². The fourth-order valence-electron chi connectivity index (χ4n) is 2.54. The van der Waals surface area contributed by atoms with E-state index in [9.17, 15) is 4.79 Å². The maximum atomic E-state index is 11.6. The SMILES string of the molecule is COc1ccc(C2OC[C@H]3OC(=O)OCC/C=C\C[C@@H]3O2)cc1. The lowest BCUT2D eigenvalue weighted by Crippen LogP contribution is -2.43. The van der Waals surface area contributed by atoms with Crippen molar-refractivity contribution in [2.45, 2.75) is 31.3 Å². The molecule has 0 saturated carbocycles. The van der Waals surface area contributed by atoms with Gasteiger partial charge in [-0.05, 0) is 25.0 Å². The molecule has 0 aliphatic carbocycles. The number of ether oxygens (including phenoxy) is 5. The molecule has 0 aromatic heterocycles. The molecule has 124 valence electrons. The quantitative estimate of drug-likeness (QED) is 0.616. The van der Waals surface area contributed by atoms with Crippen LogP contribution in [0.5, 0.6) is 5.75 Å². The fraction of sp³-hybridized carbons (Fsp3) is 0.471. The van der Waals surface area contributed by atoms with E-state index in [-0.39, 0.29) is 12.7 Å². The topological polar surface area (TPSA) is 63.2 Å². The van der Waals surface area contributed by atoms with Crippen molar-refractivity contribution in [3.05, 3.63) is 42.0 Å². The Morgan fingerprint density at radius 2 is 1.96 bits per heavy atom.